The molecule has 10 heteroatoms. The minimum atomic E-state index is -0.124. The fraction of sp³-hybridized carbons (Fsp3) is 0.263. The van der Waals surface area contributed by atoms with E-state index in [9.17, 15) is 0 Å². The molecular weight excluding hydrogens is 633 g/mol. The molecule has 8 nitrogen and oxygen atoms in total. The van der Waals surface area contributed by atoms with Crippen LogP contribution in [0.5, 0.6) is 0 Å². The average Bonchev–Trinajstić information content (AvgIpc) is 3.10. The second kappa shape index (κ2) is 16.7. The highest BCUT2D eigenvalue weighted by Gasteiger charge is 2.15. The average molecular weight is 669 g/mol. The van der Waals surface area contributed by atoms with Gasteiger partial charge in [0.05, 0.1) is 92.5 Å². The lowest BCUT2D eigenvalue weighted by Gasteiger charge is -2.15. The molecule has 240 valence electrons. The standard InChI is InChI=1S/C38H36N8S2/c1-25-35-7-5-9-37(45-35)27(3)44-34(20-30-13-17-32(18-14-30)42-24-48)22-40-26(2)36-8-6-10-38(46-36)28(4)43-33(21-39-25)19-29-11-15-31(16-12-29)41-23-47/h5-18,33-34H,19-22H2,1-4H3/t33-,34?/m0/s1. The molecule has 3 heterocycles. The van der Waals surface area contributed by atoms with Crippen molar-refractivity contribution in [1.82, 2.24) is 9.97 Å². The third-order valence-electron chi connectivity index (χ3n) is 7.98. The normalized spacial score (nSPS) is 16.8. The Morgan fingerprint density at radius 3 is 1.25 bits per heavy atom. The van der Waals surface area contributed by atoms with Gasteiger partial charge in [-0.2, -0.15) is 9.98 Å². The lowest BCUT2D eigenvalue weighted by molar-refractivity contribution is 0.680. The van der Waals surface area contributed by atoms with Gasteiger partial charge in [0.2, 0.25) is 0 Å². The summed E-state index contributed by atoms with van der Waals surface area (Å²) >= 11 is 9.51. The molecule has 0 N–H and O–H groups in total. The van der Waals surface area contributed by atoms with Gasteiger partial charge in [0.25, 0.3) is 0 Å². The van der Waals surface area contributed by atoms with Gasteiger partial charge in [-0.1, -0.05) is 36.4 Å². The zero-order valence-electron chi connectivity index (χ0n) is 27.5. The first-order valence-electron chi connectivity index (χ1n) is 15.7. The number of hydrogen-bond donors (Lipinski definition) is 0. The van der Waals surface area contributed by atoms with Crippen molar-refractivity contribution < 1.29 is 0 Å². The molecule has 0 spiro atoms. The van der Waals surface area contributed by atoms with Crippen molar-refractivity contribution in [2.75, 3.05) is 13.1 Å². The first-order valence-corrected chi connectivity index (χ1v) is 16.5. The van der Waals surface area contributed by atoms with Gasteiger partial charge >= 0.3 is 0 Å². The Balaban J connectivity index is 1.53. The van der Waals surface area contributed by atoms with Crippen molar-refractivity contribution in [2.45, 2.75) is 52.6 Å². The van der Waals surface area contributed by atoms with E-state index in [1.54, 1.807) is 0 Å². The summed E-state index contributed by atoms with van der Waals surface area (Å²) in [7, 11) is 0. The van der Waals surface area contributed by atoms with E-state index < -0.39 is 0 Å². The number of rotatable bonds is 6. The summed E-state index contributed by atoms with van der Waals surface area (Å²) < 4.78 is 0. The topological polar surface area (TPSA) is 99.9 Å². The van der Waals surface area contributed by atoms with Crippen LogP contribution in [0.15, 0.2) is 115 Å². The SMILES string of the molecule is CC1=NC[C@H](Cc2ccc(N=C=S)cc2)N=C(C)c2cccc(n2)C(C)=NCC(Cc2ccc(N=C=S)cc2)N=C(C)c2cccc1n2. The smallest absolute Gasteiger partial charge is 0.0845 e. The second-order valence-corrected chi connectivity index (χ2v) is 11.9. The number of thiocarbonyl (C=S) groups is 2. The third-order valence-corrected chi connectivity index (χ3v) is 8.16. The maximum absolute atomic E-state index is 5.15. The van der Waals surface area contributed by atoms with Crippen LogP contribution >= 0.6 is 24.4 Å². The molecule has 1 unspecified atom stereocenters. The Morgan fingerprint density at radius 2 is 0.896 bits per heavy atom. The molecule has 0 radical (unpaired) electrons. The Bertz CT molecular complexity index is 1840. The van der Waals surface area contributed by atoms with Crippen LogP contribution in [0.1, 0.15) is 61.6 Å². The second-order valence-electron chi connectivity index (χ2n) is 11.6. The van der Waals surface area contributed by atoms with E-state index in [2.05, 4.69) is 20.3 Å². The van der Waals surface area contributed by atoms with Gasteiger partial charge < -0.3 is 0 Å². The van der Waals surface area contributed by atoms with E-state index in [4.69, 9.17) is 54.4 Å². The van der Waals surface area contributed by atoms with Gasteiger partial charge in [-0.15, -0.1) is 0 Å². The molecule has 48 heavy (non-hydrogen) atoms. The third kappa shape index (κ3) is 9.53. The van der Waals surface area contributed by atoms with Gasteiger partial charge in [0.1, 0.15) is 0 Å². The fourth-order valence-electron chi connectivity index (χ4n) is 5.37. The van der Waals surface area contributed by atoms with Crippen molar-refractivity contribution in [3.8, 4) is 0 Å². The summed E-state index contributed by atoms with van der Waals surface area (Å²) in [6.45, 7) is 8.95. The van der Waals surface area contributed by atoms with Crippen LogP contribution in [0.3, 0.4) is 0 Å². The highest BCUT2D eigenvalue weighted by Crippen LogP contribution is 2.18. The fourth-order valence-corrected chi connectivity index (χ4v) is 5.58. The monoisotopic (exact) mass is 668 g/mol. The molecule has 0 amide bonds. The summed E-state index contributed by atoms with van der Waals surface area (Å²) in [5.74, 6) is 0. The Labute approximate surface area is 292 Å². The van der Waals surface area contributed by atoms with Crippen LogP contribution in [0.25, 0.3) is 0 Å². The Kier molecular flexibility index (Phi) is 12.0. The lowest BCUT2D eigenvalue weighted by atomic mass is 10.0. The molecular formula is C38H36N8S2. The maximum Gasteiger partial charge on any atom is 0.0845 e. The van der Waals surface area contributed by atoms with Crippen LogP contribution < -0.4 is 0 Å². The maximum atomic E-state index is 5.15. The summed E-state index contributed by atoms with van der Waals surface area (Å²) in [6.07, 6.45) is 1.39. The van der Waals surface area contributed by atoms with Crippen LogP contribution in [-0.4, -0.2) is 68.3 Å². The van der Waals surface area contributed by atoms with Crippen LogP contribution in [0, 0.1) is 0 Å². The number of pyridine rings is 2. The van der Waals surface area contributed by atoms with Crippen LogP contribution in [0.4, 0.5) is 11.4 Å². The highest BCUT2D eigenvalue weighted by molar-refractivity contribution is 7.78. The van der Waals surface area contributed by atoms with Crippen molar-refractivity contribution in [1.29, 1.82) is 0 Å². The minimum absolute atomic E-state index is 0.124. The van der Waals surface area contributed by atoms with Crippen molar-refractivity contribution in [2.24, 2.45) is 30.0 Å². The molecule has 0 saturated heterocycles. The van der Waals surface area contributed by atoms with E-state index >= 15 is 0 Å². The number of hydrogen-bond acceptors (Lipinski definition) is 10. The van der Waals surface area contributed by atoms with E-state index in [-0.39, 0.29) is 12.1 Å². The first-order chi connectivity index (χ1) is 23.3. The highest BCUT2D eigenvalue weighted by atomic mass is 32.1. The van der Waals surface area contributed by atoms with Gasteiger partial charge in [-0.05, 0) is 125 Å². The number of aliphatic imine (C=N–C) groups is 6. The molecule has 0 fully saturated rings. The van der Waals surface area contributed by atoms with Crippen molar-refractivity contribution in [3.63, 3.8) is 0 Å². The zero-order chi connectivity index (χ0) is 33.9. The quantitative estimate of drug-likeness (QED) is 0.153. The van der Waals surface area contributed by atoms with Gasteiger partial charge in [0.15, 0.2) is 0 Å². The van der Waals surface area contributed by atoms with Crippen LogP contribution in [0.2, 0.25) is 0 Å². The number of isothiocyanates is 2. The molecule has 0 saturated carbocycles. The first kappa shape index (κ1) is 34.4. The zero-order valence-corrected chi connectivity index (χ0v) is 29.1. The minimum Gasteiger partial charge on any atom is -0.286 e. The number of fused-ring (bicyclic) bond motifs is 4. The molecule has 4 bridgehead atoms. The lowest BCUT2D eigenvalue weighted by Crippen LogP contribution is -2.19. The molecule has 5 rings (SSSR count). The van der Waals surface area contributed by atoms with Crippen molar-refractivity contribution >= 4 is 69.0 Å². The van der Waals surface area contributed by atoms with Gasteiger partial charge in [0, 0.05) is 0 Å². The van der Waals surface area contributed by atoms with E-state index in [0.29, 0.717) is 25.9 Å². The van der Waals surface area contributed by atoms with Crippen LogP contribution in [-0.2, 0) is 12.8 Å². The van der Waals surface area contributed by atoms with Gasteiger partial charge in [-0.25, -0.2) is 9.97 Å². The molecule has 1 aliphatic rings. The van der Waals surface area contributed by atoms with Gasteiger partial charge in [-0.3, -0.25) is 20.0 Å². The summed E-state index contributed by atoms with van der Waals surface area (Å²) in [5, 5.41) is 4.84. The number of aromatic nitrogens is 2. The van der Waals surface area contributed by atoms with E-state index in [1.165, 1.54) is 0 Å². The molecule has 2 aromatic heterocycles. The summed E-state index contributed by atoms with van der Waals surface area (Å²) in [6, 6.07) is 27.6. The molecule has 4 aromatic rings. The predicted octanol–water partition coefficient (Wildman–Crippen LogP) is 8.12. The van der Waals surface area contributed by atoms with E-state index in [0.717, 1.165) is 68.1 Å². The molecule has 2 aromatic carbocycles. The summed E-state index contributed by atoms with van der Waals surface area (Å²) in [5.41, 5.74) is 10.4. The predicted molar refractivity (Wildman–Crippen MR) is 204 cm³/mol. The summed E-state index contributed by atoms with van der Waals surface area (Å²) in [4.78, 5) is 38.3. The Morgan fingerprint density at radius 1 is 0.542 bits per heavy atom. The largest absolute Gasteiger partial charge is 0.286 e. The number of nitrogens with zero attached hydrogens (tertiary/aromatic N) is 8. The Hall–Kier alpha value is -4.98. The molecule has 0 aliphatic carbocycles. The van der Waals surface area contributed by atoms with E-state index in [1.807, 2.05) is 113 Å². The molecule has 1 aliphatic heterocycles. The van der Waals surface area contributed by atoms with Crippen molar-refractivity contribution in [3.05, 3.63) is 119 Å². The molecule has 2 atom stereocenters. The number of benzene rings is 2.